The molecule has 134 valence electrons. The highest BCUT2D eigenvalue weighted by Crippen LogP contribution is 2.28. The molecule has 26 heavy (non-hydrogen) atoms. The highest BCUT2D eigenvalue weighted by Gasteiger charge is 2.13. The van der Waals surface area contributed by atoms with Crippen LogP contribution in [0.5, 0.6) is 5.75 Å². The Kier molecular flexibility index (Phi) is 6.03. The van der Waals surface area contributed by atoms with Crippen molar-refractivity contribution in [2.45, 2.75) is 5.22 Å². The molecule has 0 spiro atoms. The molecular formula is C17H13Cl2N3O3S. The van der Waals surface area contributed by atoms with Gasteiger partial charge in [0.15, 0.2) is 0 Å². The number of carbonyl (C=O) groups is 1. The average molecular weight is 410 g/mol. The fourth-order valence-corrected chi connectivity index (χ4v) is 2.93. The fourth-order valence-electron chi connectivity index (χ4n) is 2.07. The van der Waals surface area contributed by atoms with Gasteiger partial charge in [0, 0.05) is 15.6 Å². The summed E-state index contributed by atoms with van der Waals surface area (Å²) in [6.07, 6.45) is 0. The van der Waals surface area contributed by atoms with E-state index in [0.29, 0.717) is 32.6 Å². The number of rotatable bonds is 6. The first-order valence-corrected chi connectivity index (χ1v) is 9.15. The maximum Gasteiger partial charge on any atom is 0.277 e. The number of hydrogen-bond donors (Lipinski definition) is 1. The molecule has 0 radical (unpaired) electrons. The molecule has 3 aromatic rings. The smallest absolute Gasteiger partial charge is 0.277 e. The second-order valence-electron chi connectivity index (χ2n) is 5.06. The lowest BCUT2D eigenvalue weighted by atomic mass is 10.2. The van der Waals surface area contributed by atoms with Gasteiger partial charge in [0.2, 0.25) is 11.8 Å². The Morgan fingerprint density at radius 2 is 1.88 bits per heavy atom. The first-order chi connectivity index (χ1) is 12.5. The fraction of sp³-hybridized carbons (Fsp3) is 0.118. The predicted molar refractivity (Wildman–Crippen MR) is 102 cm³/mol. The van der Waals surface area contributed by atoms with E-state index >= 15 is 0 Å². The monoisotopic (exact) mass is 409 g/mol. The van der Waals surface area contributed by atoms with Crippen LogP contribution in [0.3, 0.4) is 0 Å². The molecule has 0 unspecified atom stereocenters. The number of amides is 1. The van der Waals surface area contributed by atoms with Gasteiger partial charge in [-0.1, -0.05) is 35.0 Å². The first-order valence-electron chi connectivity index (χ1n) is 7.41. The third-order valence-electron chi connectivity index (χ3n) is 3.26. The molecular weight excluding hydrogens is 397 g/mol. The Hall–Kier alpha value is -2.22. The summed E-state index contributed by atoms with van der Waals surface area (Å²) < 4.78 is 10.7. The van der Waals surface area contributed by atoms with Crippen molar-refractivity contribution in [1.29, 1.82) is 0 Å². The van der Waals surface area contributed by atoms with Crippen LogP contribution >= 0.6 is 35.0 Å². The average Bonchev–Trinajstić information content (AvgIpc) is 3.10. The zero-order valence-corrected chi connectivity index (χ0v) is 15.9. The van der Waals surface area contributed by atoms with Gasteiger partial charge >= 0.3 is 0 Å². The van der Waals surface area contributed by atoms with E-state index in [-0.39, 0.29) is 11.7 Å². The van der Waals surface area contributed by atoms with Crippen molar-refractivity contribution in [3.8, 4) is 17.2 Å². The van der Waals surface area contributed by atoms with E-state index in [4.69, 9.17) is 32.4 Å². The summed E-state index contributed by atoms with van der Waals surface area (Å²) in [4.78, 5) is 12.1. The summed E-state index contributed by atoms with van der Waals surface area (Å²) in [7, 11) is 1.52. The number of anilines is 1. The predicted octanol–water partition coefficient (Wildman–Crippen LogP) is 4.78. The number of aromatic nitrogens is 2. The number of hydrogen-bond acceptors (Lipinski definition) is 6. The summed E-state index contributed by atoms with van der Waals surface area (Å²) in [6.45, 7) is 0. The third kappa shape index (κ3) is 4.69. The Morgan fingerprint density at radius 1 is 1.15 bits per heavy atom. The second kappa shape index (κ2) is 8.44. The normalized spacial score (nSPS) is 10.6. The first kappa shape index (κ1) is 18.6. The molecule has 0 aliphatic heterocycles. The molecule has 0 aliphatic carbocycles. The number of methoxy groups -OCH3 is 1. The van der Waals surface area contributed by atoms with E-state index < -0.39 is 0 Å². The van der Waals surface area contributed by atoms with E-state index in [1.165, 1.54) is 7.11 Å². The van der Waals surface area contributed by atoms with Crippen molar-refractivity contribution in [3.05, 3.63) is 52.5 Å². The molecule has 0 bridgehead atoms. The van der Waals surface area contributed by atoms with Gasteiger partial charge in [0.05, 0.1) is 18.6 Å². The largest absolute Gasteiger partial charge is 0.495 e. The van der Waals surface area contributed by atoms with Gasteiger partial charge in [0.1, 0.15) is 5.75 Å². The molecule has 0 fully saturated rings. The number of thioether (sulfide) groups is 1. The van der Waals surface area contributed by atoms with Crippen LogP contribution in [0, 0.1) is 0 Å². The number of halogens is 2. The van der Waals surface area contributed by atoms with Gasteiger partial charge in [-0.25, -0.2) is 0 Å². The molecule has 0 saturated heterocycles. The lowest BCUT2D eigenvalue weighted by Gasteiger charge is -2.09. The van der Waals surface area contributed by atoms with Crippen molar-refractivity contribution in [1.82, 2.24) is 10.2 Å². The maximum absolute atomic E-state index is 12.1. The van der Waals surface area contributed by atoms with E-state index in [1.54, 1.807) is 42.5 Å². The minimum absolute atomic E-state index is 0.0952. The van der Waals surface area contributed by atoms with E-state index in [1.807, 2.05) is 0 Å². The molecule has 1 N–H and O–H groups in total. The van der Waals surface area contributed by atoms with Gasteiger partial charge in [0.25, 0.3) is 5.22 Å². The Morgan fingerprint density at radius 3 is 2.62 bits per heavy atom. The number of nitrogens with one attached hydrogen (secondary N) is 1. The topological polar surface area (TPSA) is 77.2 Å². The number of benzene rings is 2. The minimum Gasteiger partial charge on any atom is -0.495 e. The number of carbonyl (C=O) groups excluding carboxylic acids is 1. The Labute approximate surface area is 163 Å². The van der Waals surface area contributed by atoms with Crippen LogP contribution < -0.4 is 10.1 Å². The molecule has 1 amide bonds. The highest BCUT2D eigenvalue weighted by molar-refractivity contribution is 7.99. The lowest BCUT2D eigenvalue weighted by molar-refractivity contribution is -0.113. The van der Waals surface area contributed by atoms with Crippen LogP contribution in [0.4, 0.5) is 5.69 Å². The van der Waals surface area contributed by atoms with E-state index in [2.05, 4.69) is 15.5 Å². The van der Waals surface area contributed by atoms with Crippen molar-refractivity contribution >= 4 is 46.6 Å². The molecule has 0 saturated carbocycles. The molecule has 0 aliphatic rings. The maximum atomic E-state index is 12.1. The third-order valence-corrected chi connectivity index (χ3v) is 4.57. The van der Waals surface area contributed by atoms with Crippen LogP contribution in [0.25, 0.3) is 11.5 Å². The molecule has 6 nitrogen and oxygen atoms in total. The van der Waals surface area contributed by atoms with Crippen molar-refractivity contribution in [2.24, 2.45) is 0 Å². The molecule has 2 aromatic carbocycles. The van der Waals surface area contributed by atoms with Crippen LogP contribution in [-0.4, -0.2) is 29.0 Å². The van der Waals surface area contributed by atoms with Crippen LogP contribution in [-0.2, 0) is 4.79 Å². The zero-order valence-electron chi connectivity index (χ0n) is 13.5. The quantitative estimate of drug-likeness (QED) is 0.590. The summed E-state index contributed by atoms with van der Waals surface area (Å²) in [5.74, 6) is 0.733. The number of ether oxygens (including phenoxy) is 1. The van der Waals surface area contributed by atoms with Crippen molar-refractivity contribution in [3.63, 3.8) is 0 Å². The summed E-state index contributed by atoms with van der Waals surface area (Å²) in [6, 6.07) is 12.0. The second-order valence-corrected chi connectivity index (χ2v) is 6.86. The molecule has 1 aromatic heterocycles. The van der Waals surface area contributed by atoms with Crippen LogP contribution in [0.2, 0.25) is 10.0 Å². The van der Waals surface area contributed by atoms with Crippen LogP contribution in [0.1, 0.15) is 0 Å². The Bertz CT molecular complexity index is 916. The van der Waals surface area contributed by atoms with Crippen LogP contribution in [0.15, 0.2) is 52.1 Å². The Balaban J connectivity index is 1.60. The lowest BCUT2D eigenvalue weighted by Crippen LogP contribution is -2.14. The van der Waals surface area contributed by atoms with E-state index in [0.717, 1.165) is 17.3 Å². The van der Waals surface area contributed by atoms with Gasteiger partial charge < -0.3 is 14.5 Å². The summed E-state index contributed by atoms with van der Waals surface area (Å²) in [5, 5.41) is 12.1. The molecule has 9 heteroatoms. The van der Waals surface area contributed by atoms with Gasteiger partial charge in [-0.15, -0.1) is 10.2 Å². The SMILES string of the molecule is COc1ccc(Cl)cc1NC(=O)CSc1nnc(-c2ccc(Cl)cc2)o1. The molecule has 0 atom stereocenters. The number of nitrogens with zero attached hydrogens (tertiary/aromatic N) is 2. The van der Waals surface area contributed by atoms with Gasteiger partial charge in [-0.3, -0.25) is 4.79 Å². The van der Waals surface area contributed by atoms with Crippen molar-refractivity contribution < 1.29 is 13.9 Å². The molecule has 3 rings (SSSR count). The highest BCUT2D eigenvalue weighted by atomic mass is 35.5. The van der Waals surface area contributed by atoms with Crippen molar-refractivity contribution in [2.75, 3.05) is 18.2 Å². The zero-order chi connectivity index (χ0) is 18.5. The van der Waals surface area contributed by atoms with E-state index in [9.17, 15) is 4.79 Å². The summed E-state index contributed by atoms with van der Waals surface area (Å²) in [5.41, 5.74) is 1.25. The standard InChI is InChI=1S/C17H13Cl2N3O3S/c1-24-14-7-6-12(19)8-13(14)20-15(23)9-26-17-22-21-16(25-17)10-2-4-11(18)5-3-10/h2-8H,9H2,1H3,(H,20,23). The minimum atomic E-state index is -0.248. The van der Waals surface area contributed by atoms with Gasteiger partial charge in [-0.05, 0) is 42.5 Å². The molecule has 1 heterocycles. The summed E-state index contributed by atoms with van der Waals surface area (Å²) >= 11 is 12.9. The van der Waals surface area contributed by atoms with Gasteiger partial charge in [-0.2, -0.15) is 0 Å².